The number of ether oxygens (including phenoxy) is 1. The average molecular weight is 299 g/mol. The summed E-state index contributed by atoms with van der Waals surface area (Å²) in [5, 5.41) is 3.35. The minimum Gasteiger partial charge on any atom is -0.383 e. The van der Waals surface area contributed by atoms with Crippen molar-refractivity contribution in [2.45, 2.75) is 25.7 Å². The highest BCUT2D eigenvalue weighted by Crippen LogP contribution is 2.24. The Morgan fingerprint density at radius 1 is 1.35 bits per heavy atom. The number of benzene rings is 1. The van der Waals surface area contributed by atoms with Crippen LogP contribution in [0.3, 0.4) is 0 Å². The fourth-order valence-corrected chi connectivity index (χ4v) is 2.86. The van der Waals surface area contributed by atoms with E-state index < -0.39 is 0 Å². The number of methoxy groups -OCH3 is 1. The molecule has 0 bridgehead atoms. The molecular weight excluding hydrogens is 273 g/mol. The molecule has 0 spiro atoms. The van der Waals surface area contributed by atoms with Gasteiger partial charge in [-0.25, -0.2) is 4.39 Å². The predicted octanol–water partition coefficient (Wildman–Crippen LogP) is 3.68. The molecule has 114 valence electrons. The molecule has 0 aromatic heterocycles. The summed E-state index contributed by atoms with van der Waals surface area (Å²) in [5.41, 5.74) is 0.832. The van der Waals surface area contributed by atoms with E-state index in [1.165, 1.54) is 0 Å². The highest BCUT2D eigenvalue weighted by molar-refractivity contribution is 7.99. The molecule has 0 radical (unpaired) electrons. The molecule has 0 saturated carbocycles. The van der Waals surface area contributed by atoms with Gasteiger partial charge in [-0.2, -0.15) is 11.8 Å². The Labute approximate surface area is 126 Å². The van der Waals surface area contributed by atoms with Crippen molar-refractivity contribution in [3.63, 3.8) is 0 Å². The molecule has 1 unspecified atom stereocenters. The highest BCUT2D eigenvalue weighted by atomic mass is 32.2. The van der Waals surface area contributed by atoms with Gasteiger partial charge < -0.3 is 10.1 Å². The summed E-state index contributed by atoms with van der Waals surface area (Å²) in [6, 6.07) is 7.13. The van der Waals surface area contributed by atoms with Gasteiger partial charge in [-0.05, 0) is 41.9 Å². The zero-order chi connectivity index (χ0) is 14.6. The van der Waals surface area contributed by atoms with Gasteiger partial charge in [0, 0.05) is 20.2 Å². The molecule has 1 atom stereocenters. The molecule has 20 heavy (non-hydrogen) atoms. The summed E-state index contributed by atoms with van der Waals surface area (Å²) in [4.78, 5) is 0. The lowest BCUT2D eigenvalue weighted by Gasteiger charge is -2.18. The molecular formula is C16H26FNOS. The molecule has 0 aliphatic heterocycles. The van der Waals surface area contributed by atoms with Crippen LogP contribution in [0, 0.1) is 5.82 Å². The van der Waals surface area contributed by atoms with Crippen LogP contribution in [0.5, 0.6) is 0 Å². The number of rotatable bonds is 11. The topological polar surface area (TPSA) is 21.3 Å². The average Bonchev–Trinajstić information content (AvgIpc) is 2.46. The van der Waals surface area contributed by atoms with Crippen LogP contribution < -0.4 is 5.32 Å². The quantitative estimate of drug-likeness (QED) is 0.630. The second-order valence-electron chi connectivity index (χ2n) is 4.75. The van der Waals surface area contributed by atoms with Crippen molar-refractivity contribution in [1.29, 1.82) is 0 Å². The summed E-state index contributed by atoms with van der Waals surface area (Å²) in [6.45, 7) is 4.48. The SMILES string of the molecule is CCSCCCC(CNCCOC)c1ccccc1F. The van der Waals surface area contributed by atoms with Gasteiger partial charge in [0.25, 0.3) is 0 Å². The Bertz CT molecular complexity index is 350. The second-order valence-corrected chi connectivity index (χ2v) is 6.15. The van der Waals surface area contributed by atoms with E-state index in [1.807, 2.05) is 23.9 Å². The molecule has 0 amide bonds. The molecule has 1 aromatic rings. The monoisotopic (exact) mass is 299 g/mol. The Hall–Kier alpha value is -0.580. The van der Waals surface area contributed by atoms with Gasteiger partial charge in [-0.1, -0.05) is 25.1 Å². The predicted molar refractivity (Wildman–Crippen MR) is 86.1 cm³/mol. The van der Waals surface area contributed by atoms with E-state index in [4.69, 9.17) is 4.74 Å². The molecule has 0 saturated heterocycles. The van der Waals surface area contributed by atoms with E-state index in [0.717, 1.165) is 43.0 Å². The van der Waals surface area contributed by atoms with Crippen LogP contribution in [0.15, 0.2) is 24.3 Å². The first-order valence-electron chi connectivity index (χ1n) is 7.31. The molecule has 0 aliphatic rings. The lowest BCUT2D eigenvalue weighted by molar-refractivity contribution is 0.198. The standard InChI is InChI=1S/C16H26FNOS/c1-3-20-12-6-7-14(13-18-10-11-19-2)15-8-4-5-9-16(15)17/h4-5,8-9,14,18H,3,6-7,10-13H2,1-2H3. The van der Waals surface area contributed by atoms with Crippen molar-refractivity contribution in [1.82, 2.24) is 5.32 Å². The zero-order valence-corrected chi connectivity index (χ0v) is 13.3. The van der Waals surface area contributed by atoms with Crippen LogP contribution >= 0.6 is 11.8 Å². The fraction of sp³-hybridized carbons (Fsp3) is 0.625. The maximum Gasteiger partial charge on any atom is 0.126 e. The zero-order valence-electron chi connectivity index (χ0n) is 12.5. The number of halogens is 1. The Morgan fingerprint density at radius 3 is 2.85 bits per heavy atom. The minimum absolute atomic E-state index is 0.0887. The Kier molecular flexibility index (Phi) is 9.71. The van der Waals surface area contributed by atoms with E-state index in [0.29, 0.717) is 6.61 Å². The first kappa shape index (κ1) is 17.5. The molecule has 1 rings (SSSR count). The van der Waals surface area contributed by atoms with Gasteiger partial charge in [0.2, 0.25) is 0 Å². The van der Waals surface area contributed by atoms with E-state index in [9.17, 15) is 4.39 Å². The van der Waals surface area contributed by atoms with Crippen molar-refractivity contribution in [3.8, 4) is 0 Å². The van der Waals surface area contributed by atoms with Crippen molar-refractivity contribution >= 4 is 11.8 Å². The highest BCUT2D eigenvalue weighted by Gasteiger charge is 2.14. The van der Waals surface area contributed by atoms with E-state index in [-0.39, 0.29) is 11.7 Å². The maximum absolute atomic E-state index is 13.9. The van der Waals surface area contributed by atoms with Crippen LogP contribution in [-0.2, 0) is 4.74 Å². The molecule has 0 heterocycles. The normalized spacial score (nSPS) is 12.6. The van der Waals surface area contributed by atoms with Crippen LogP contribution in [0.1, 0.15) is 31.2 Å². The number of hydrogen-bond acceptors (Lipinski definition) is 3. The Morgan fingerprint density at radius 2 is 2.15 bits per heavy atom. The van der Waals surface area contributed by atoms with Gasteiger partial charge in [0.1, 0.15) is 5.82 Å². The maximum atomic E-state index is 13.9. The summed E-state index contributed by atoms with van der Waals surface area (Å²) in [5.74, 6) is 2.45. The van der Waals surface area contributed by atoms with Gasteiger partial charge in [-0.15, -0.1) is 0 Å². The van der Waals surface area contributed by atoms with Gasteiger partial charge in [0.05, 0.1) is 6.61 Å². The smallest absolute Gasteiger partial charge is 0.126 e. The third-order valence-corrected chi connectivity index (χ3v) is 4.25. The van der Waals surface area contributed by atoms with E-state index >= 15 is 0 Å². The largest absolute Gasteiger partial charge is 0.383 e. The van der Waals surface area contributed by atoms with Crippen LogP contribution in [0.4, 0.5) is 4.39 Å². The summed E-state index contributed by atoms with van der Waals surface area (Å²) < 4.78 is 19.0. The lowest BCUT2D eigenvalue weighted by Crippen LogP contribution is -2.25. The third kappa shape index (κ3) is 6.73. The van der Waals surface area contributed by atoms with Crippen LogP contribution in [0.25, 0.3) is 0 Å². The molecule has 1 N–H and O–H groups in total. The molecule has 1 aromatic carbocycles. The summed E-state index contributed by atoms with van der Waals surface area (Å²) in [6.07, 6.45) is 2.15. The van der Waals surface area contributed by atoms with Gasteiger partial charge in [-0.3, -0.25) is 0 Å². The van der Waals surface area contributed by atoms with Crippen molar-refractivity contribution in [2.75, 3.05) is 38.3 Å². The molecule has 0 fully saturated rings. The molecule has 4 heteroatoms. The third-order valence-electron chi connectivity index (χ3n) is 3.26. The van der Waals surface area contributed by atoms with Gasteiger partial charge in [0.15, 0.2) is 0 Å². The Balaban J connectivity index is 2.52. The number of hydrogen-bond donors (Lipinski definition) is 1. The van der Waals surface area contributed by atoms with Crippen molar-refractivity contribution in [2.24, 2.45) is 0 Å². The molecule has 2 nitrogen and oxygen atoms in total. The fourth-order valence-electron chi connectivity index (χ4n) is 2.20. The van der Waals surface area contributed by atoms with Crippen LogP contribution in [-0.4, -0.2) is 38.3 Å². The van der Waals surface area contributed by atoms with Crippen molar-refractivity contribution < 1.29 is 9.13 Å². The first-order chi connectivity index (χ1) is 9.79. The van der Waals surface area contributed by atoms with E-state index in [1.54, 1.807) is 19.2 Å². The summed E-state index contributed by atoms with van der Waals surface area (Å²) >= 11 is 1.95. The van der Waals surface area contributed by atoms with Crippen molar-refractivity contribution in [3.05, 3.63) is 35.6 Å². The van der Waals surface area contributed by atoms with Gasteiger partial charge >= 0.3 is 0 Å². The van der Waals surface area contributed by atoms with E-state index in [2.05, 4.69) is 12.2 Å². The number of nitrogens with one attached hydrogen (secondary N) is 1. The number of thioether (sulfide) groups is 1. The molecule has 0 aliphatic carbocycles. The first-order valence-corrected chi connectivity index (χ1v) is 8.46. The lowest BCUT2D eigenvalue weighted by atomic mass is 9.94. The second kappa shape index (κ2) is 11.1. The minimum atomic E-state index is -0.0887. The van der Waals surface area contributed by atoms with Crippen LogP contribution in [0.2, 0.25) is 0 Å². The summed E-state index contributed by atoms with van der Waals surface area (Å²) in [7, 11) is 1.69.